The van der Waals surface area contributed by atoms with E-state index in [1.54, 1.807) is 23.8 Å². The maximum absolute atomic E-state index is 12.9. The molecule has 0 atom stereocenters. The van der Waals surface area contributed by atoms with Gasteiger partial charge >= 0.3 is 0 Å². The van der Waals surface area contributed by atoms with Crippen molar-refractivity contribution in [2.45, 2.75) is 0 Å². The van der Waals surface area contributed by atoms with Gasteiger partial charge in [0.25, 0.3) is 0 Å². The molecule has 124 valence electrons. The van der Waals surface area contributed by atoms with Crippen LogP contribution in [0.1, 0.15) is 10.6 Å². The van der Waals surface area contributed by atoms with Crippen LogP contribution in [0.4, 0.5) is 4.39 Å². The molecule has 0 unspecified atom stereocenters. The first kappa shape index (κ1) is 15.5. The van der Waals surface area contributed by atoms with E-state index in [1.807, 2.05) is 36.4 Å². The topological polar surface area (TPSA) is 52.3 Å². The summed E-state index contributed by atoms with van der Waals surface area (Å²) >= 11 is 1.44. The second kappa shape index (κ2) is 6.45. The van der Waals surface area contributed by atoms with Crippen molar-refractivity contribution in [1.29, 1.82) is 0 Å². The Hall–Kier alpha value is -3.06. The third-order valence-electron chi connectivity index (χ3n) is 3.64. The summed E-state index contributed by atoms with van der Waals surface area (Å²) in [6.07, 6.45) is 3.77. The summed E-state index contributed by atoms with van der Waals surface area (Å²) < 4.78 is 19.8. The maximum Gasteiger partial charge on any atom is 0.235 e. The molecule has 25 heavy (non-hydrogen) atoms. The number of nitrogens with zero attached hydrogens (tertiary/aromatic N) is 4. The average molecular weight is 352 g/mol. The monoisotopic (exact) mass is 352 g/mol. The van der Waals surface area contributed by atoms with Crippen molar-refractivity contribution >= 4 is 28.4 Å². The lowest BCUT2D eigenvalue weighted by Crippen LogP contribution is -1.91. The summed E-state index contributed by atoms with van der Waals surface area (Å²) in [6, 6.07) is 13.9. The van der Waals surface area contributed by atoms with Gasteiger partial charge in [0.2, 0.25) is 4.96 Å². The van der Waals surface area contributed by atoms with E-state index in [-0.39, 0.29) is 5.82 Å². The summed E-state index contributed by atoms with van der Waals surface area (Å²) in [5.74, 6) is 1.21. The Morgan fingerprint density at radius 1 is 1.00 bits per heavy atom. The van der Waals surface area contributed by atoms with Gasteiger partial charge in [-0.1, -0.05) is 29.5 Å². The number of hydrogen-bond acceptors (Lipinski definition) is 5. The van der Waals surface area contributed by atoms with Crippen LogP contribution in [0.25, 0.3) is 28.5 Å². The molecule has 0 N–H and O–H groups in total. The van der Waals surface area contributed by atoms with Crippen molar-refractivity contribution in [3.05, 3.63) is 64.9 Å². The molecule has 4 rings (SSSR count). The minimum absolute atomic E-state index is 0.250. The van der Waals surface area contributed by atoms with Gasteiger partial charge in [-0.3, -0.25) is 0 Å². The maximum atomic E-state index is 12.9. The first-order valence-electron chi connectivity index (χ1n) is 7.53. The minimum atomic E-state index is -0.250. The number of ether oxygens (including phenoxy) is 1. The van der Waals surface area contributed by atoms with Gasteiger partial charge in [-0.2, -0.15) is 9.61 Å². The number of aromatic nitrogens is 4. The van der Waals surface area contributed by atoms with Crippen molar-refractivity contribution in [1.82, 2.24) is 19.8 Å². The number of benzene rings is 2. The second-order valence-electron chi connectivity index (χ2n) is 5.27. The van der Waals surface area contributed by atoms with E-state index in [0.717, 1.165) is 21.9 Å². The highest BCUT2D eigenvalue weighted by molar-refractivity contribution is 7.17. The fourth-order valence-corrected chi connectivity index (χ4v) is 3.10. The van der Waals surface area contributed by atoms with Crippen LogP contribution in [0.15, 0.2) is 48.5 Å². The zero-order valence-corrected chi connectivity index (χ0v) is 14.1. The highest BCUT2D eigenvalue weighted by atomic mass is 32.1. The number of fused-ring (bicyclic) bond motifs is 1. The quantitative estimate of drug-likeness (QED) is 0.553. The molecule has 0 aliphatic heterocycles. The van der Waals surface area contributed by atoms with E-state index in [9.17, 15) is 4.39 Å². The van der Waals surface area contributed by atoms with Gasteiger partial charge in [0, 0.05) is 5.56 Å². The molecule has 0 saturated carbocycles. The molecule has 0 spiro atoms. The van der Waals surface area contributed by atoms with Crippen LogP contribution >= 0.6 is 11.3 Å². The van der Waals surface area contributed by atoms with Crippen LogP contribution in [-0.4, -0.2) is 26.9 Å². The zero-order valence-electron chi connectivity index (χ0n) is 13.3. The Labute approximate surface area is 147 Å². The molecule has 0 bridgehead atoms. The molecule has 0 fully saturated rings. The Morgan fingerprint density at radius 3 is 2.48 bits per heavy atom. The lowest BCUT2D eigenvalue weighted by Gasteiger charge is -2.00. The van der Waals surface area contributed by atoms with E-state index < -0.39 is 0 Å². The van der Waals surface area contributed by atoms with Gasteiger partial charge < -0.3 is 4.74 Å². The predicted octanol–water partition coefficient (Wildman–Crippen LogP) is 4.17. The Kier molecular flexibility index (Phi) is 3.99. The van der Waals surface area contributed by atoms with Gasteiger partial charge in [-0.25, -0.2) is 4.39 Å². The molecule has 0 amide bonds. The predicted molar refractivity (Wildman–Crippen MR) is 96.0 cm³/mol. The Balaban J connectivity index is 1.64. The highest BCUT2D eigenvalue weighted by Crippen LogP contribution is 2.24. The van der Waals surface area contributed by atoms with Crippen molar-refractivity contribution in [2.75, 3.05) is 7.11 Å². The summed E-state index contributed by atoms with van der Waals surface area (Å²) in [5, 5.41) is 13.7. The normalized spacial score (nSPS) is 11.4. The zero-order chi connectivity index (χ0) is 17.2. The Morgan fingerprint density at radius 2 is 1.76 bits per heavy atom. The average Bonchev–Trinajstić information content (AvgIpc) is 3.21. The fourth-order valence-electron chi connectivity index (χ4n) is 2.36. The third kappa shape index (κ3) is 3.14. The van der Waals surface area contributed by atoms with Crippen LogP contribution in [0.5, 0.6) is 5.75 Å². The molecule has 2 aromatic carbocycles. The molecule has 0 radical (unpaired) electrons. The molecular formula is C18H13FN4OS. The number of methoxy groups -OCH3 is 1. The third-order valence-corrected chi connectivity index (χ3v) is 4.51. The first-order chi connectivity index (χ1) is 12.2. The molecule has 4 aromatic rings. The molecular weight excluding hydrogens is 339 g/mol. The van der Waals surface area contributed by atoms with Crippen molar-refractivity contribution in [2.24, 2.45) is 0 Å². The molecule has 2 heterocycles. The molecule has 5 nitrogen and oxygen atoms in total. The number of hydrogen-bond donors (Lipinski definition) is 0. The summed E-state index contributed by atoms with van der Waals surface area (Å²) in [5.41, 5.74) is 1.82. The number of rotatable bonds is 4. The van der Waals surface area contributed by atoms with Gasteiger partial charge in [0.15, 0.2) is 5.82 Å². The SMILES string of the molecule is COc1ccc(-c2nnc3sc(/C=C/c4ccc(F)cc4)nn23)cc1. The molecule has 0 aliphatic rings. The molecule has 7 heteroatoms. The molecule has 0 aliphatic carbocycles. The first-order valence-corrected chi connectivity index (χ1v) is 8.35. The van der Waals surface area contributed by atoms with Gasteiger partial charge in [0.05, 0.1) is 7.11 Å². The number of halogens is 1. The summed E-state index contributed by atoms with van der Waals surface area (Å²) in [4.78, 5) is 0.713. The highest BCUT2D eigenvalue weighted by Gasteiger charge is 2.12. The standard InChI is InChI=1S/C18H13FN4OS/c1-24-15-9-5-13(6-10-15)17-20-21-18-23(17)22-16(25-18)11-4-12-2-7-14(19)8-3-12/h2-11H,1H3/b11-4+. The van der Waals surface area contributed by atoms with Crippen LogP contribution in [-0.2, 0) is 0 Å². The second-order valence-corrected chi connectivity index (χ2v) is 6.26. The molecule has 2 aromatic heterocycles. The van der Waals surface area contributed by atoms with E-state index in [4.69, 9.17) is 4.74 Å². The fraction of sp³-hybridized carbons (Fsp3) is 0.0556. The van der Waals surface area contributed by atoms with Gasteiger partial charge in [0.1, 0.15) is 16.6 Å². The smallest absolute Gasteiger partial charge is 0.235 e. The largest absolute Gasteiger partial charge is 0.497 e. The van der Waals surface area contributed by atoms with E-state index in [2.05, 4.69) is 15.3 Å². The van der Waals surface area contributed by atoms with Crippen LogP contribution in [0.3, 0.4) is 0 Å². The van der Waals surface area contributed by atoms with Crippen LogP contribution in [0.2, 0.25) is 0 Å². The summed E-state index contributed by atoms with van der Waals surface area (Å²) in [7, 11) is 1.63. The van der Waals surface area contributed by atoms with Crippen LogP contribution < -0.4 is 4.74 Å². The van der Waals surface area contributed by atoms with E-state index in [0.29, 0.717) is 10.8 Å². The summed E-state index contributed by atoms with van der Waals surface area (Å²) in [6.45, 7) is 0. The van der Waals surface area contributed by atoms with Crippen molar-refractivity contribution < 1.29 is 9.13 Å². The lowest BCUT2D eigenvalue weighted by atomic mass is 10.2. The van der Waals surface area contributed by atoms with Crippen molar-refractivity contribution in [3.63, 3.8) is 0 Å². The van der Waals surface area contributed by atoms with Crippen molar-refractivity contribution in [3.8, 4) is 17.1 Å². The van der Waals surface area contributed by atoms with Gasteiger partial charge in [-0.15, -0.1) is 10.2 Å². The molecule has 0 saturated heterocycles. The van der Waals surface area contributed by atoms with E-state index in [1.165, 1.54) is 23.5 Å². The lowest BCUT2D eigenvalue weighted by molar-refractivity contribution is 0.415. The Bertz CT molecular complexity index is 1040. The minimum Gasteiger partial charge on any atom is -0.497 e. The van der Waals surface area contributed by atoms with Crippen LogP contribution in [0, 0.1) is 5.82 Å². The van der Waals surface area contributed by atoms with Gasteiger partial charge in [-0.05, 0) is 48.0 Å². The van der Waals surface area contributed by atoms with E-state index >= 15 is 0 Å².